The molecule has 2 rings (SSSR count). The van der Waals surface area contributed by atoms with E-state index in [4.69, 9.17) is 4.74 Å². The zero-order chi connectivity index (χ0) is 14.5. The molecule has 0 radical (unpaired) electrons. The van der Waals surface area contributed by atoms with Gasteiger partial charge in [0, 0.05) is 13.6 Å². The highest BCUT2D eigenvalue weighted by Gasteiger charge is 2.23. The molecule has 4 nitrogen and oxygen atoms in total. The van der Waals surface area contributed by atoms with Crippen molar-refractivity contribution in [3.05, 3.63) is 29.3 Å². The highest BCUT2D eigenvalue weighted by molar-refractivity contribution is 5.81. The van der Waals surface area contributed by atoms with Crippen LogP contribution in [0, 0.1) is 6.92 Å². The molecular formula is C16H24N2O2. The van der Waals surface area contributed by atoms with Crippen LogP contribution in [0.5, 0.6) is 5.75 Å². The lowest BCUT2D eigenvalue weighted by Crippen LogP contribution is -2.46. The first kappa shape index (κ1) is 14.9. The third-order valence-corrected chi connectivity index (χ3v) is 3.86. The van der Waals surface area contributed by atoms with E-state index in [1.54, 1.807) is 7.11 Å². The minimum atomic E-state index is -0.00639. The Labute approximate surface area is 121 Å². The molecule has 1 aromatic carbocycles. The molecule has 1 heterocycles. The number of hydrogen-bond donors (Lipinski definition) is 1. The molecule has 1 atom stereocenters. The lowest BCUT2D eigenvalue weighted by Gasteiger charge is -2.27. The standard InChI is InChI=1S/C16H24N2O2/c1-12-10-13(7-8-15(12)20-3)11-18(2)16(19)14-6-4-5-9-17-14/h7-8,10,14,17H,4-6,9,11H2,1-3H3/t14-/m0/s1. The van der Waals surface area contributed by atoms with Gasteiger partial charge in [0.15, 0.2) is 0 Å². The molecule has 1 aromatic rings. The zero-order valence-corrected chi connectivity index (χ0v) is 12.6. The molecule has 0 unspecified atom stereocenters. The van der Waals surface area contributed by atoms with Gasteiger partial charge in [-0.15, -0.1) is 0 Å². The van der Waals surface area contributed by atoms with Crippen LogP contribution in [0.2, 0.25) is 0 Å². The van der Waals surface area contributed by atoms with E-state index in [0.29, 0.717) is 6.54 Å². The Morgan fingerprint density at radius 2 is 2.25 bits per heavy atom. The van der Waals surface area contributed by atoms with E-state index in [2.05, 4.69) is 11.4 Å². The van der Waals surface area contributed by atoms with Gasteiger partial charge in [0.2, 0.25) is 5.91 Å². The van der Waals surface area contributed by atoms with Gasteiger partial charge in [-0.2, -0.15) is 0 Å². The van der Waals surface area contributed by atoms with Crippen LogP contribution in [-0.2, 0) is 11.3 Å². The second-order valence-electron chi connectivity index (χ2n) is 5.50. The van der Waals surface area contributed by atoms with Crippen molar-refractivity contribution >= 4 is 5.91 Å². The molecule has 0 aromatic heterocycles. The minimum Gasteiger partial charge on any atom is -0.496 e. The van der Waals surface area contributed by atoms with Crippen molar-refractivity contribution in [2.45, 2.75) is 38.8 Å². The van der Waals surface area contributed by atoms with E-state index in [1.165, 1.54) is 6.42 Å². The summed E-state index contributed by atoms with van der Waals surface area (Å²) in [6.07, 6.45) is 3.26. The van der Waals surface area contributed by atoms with Gasteiger partial charge in [0.1, 0.15) is 5.75 Å². The van der Waals surface area contributed by atoms with E-state index in [9.17, 15) is 4.79 Å². The predicted molar refractivity (Wildman–Crippen MR) is 79.8 cm³/mol. The van der Waals surface area contributed by atoms with Crippen LogP contribution in [0.3, 0.4) is 0 Å². The summed E-state index contributed by atoms with van der Waals surface area (Å²) in [6.45, 7) is 3.61. The summed E-state index contributed by atoms with van der Waals surface area (Å²) < 4.78 is 5.26. The van der Waals surface area contributed by atoms with Crippen LogP contribution in [0.25, 0.3) is 0 Å². The van der Waals surface area contributed by atoms with Gasteiger partial charge in [-0.05, 0) is 43.5 Å². The molecule has 110 valence electrons. The number of benzene rings is 1. The number of methoxy groups -OCH3 is 1. The monoisotopic (exact) mass is 276 g/mol. The van der Waals surface area contributed by atoms with Crippen LogP contribution in [0.1, 0.15) is 30.4 Å². The summed E-state index contributed by atoms with van der Waals surface area (Å²) in [5.41, 5.74) is 2.23. The van der Waals surface area contributed by atoms with Crippen LogP contribution in [0.4, 0.5) is 0 Å². The Bertz CT molecular complexity index is 468. The molecule has 1 saturated heterocycles. The average molecular weight is 276 g/mol. The van der Waals surface area contributed by atoms with Crippen LogP contribution >= 0.6 is 0 Å². The number of carbonyl (C=O) groups excluding carboxylic acids is 1. The fourth-order valence-electron chi connectivity index (χ4n) is 2.72. The number of piperidine rings is 1. The summed E-state index contributed by atoms with van der Waals surface area (Å²) in [7, 11) is 3.55. The van der Waals surface area contributed by atoms with E-state index in [0.717, 1.165) is 36.3 Å². The number of carbonyl (C=O) groups is 1. The molecular weight excluding hydrogens is 252 g/mol. The number of likely N-dealkylation sites (N-methyl/N-ethyl adjacent to an activating group) is 1. The smallest absolute Gasteiger partial charge is 0.239 e. The summed E-state index contributed by atoms with van der Waals surface area (Å²) in [5, 5.41) is 3.30. The van der Waals surface area contributed by atoms with Gasteiger partial charge in [-0.25, -0.2) is 0 Å². The Balaban J connectivity index is 1.98. The summed E-state index contributed by atoms with van der Waals surface area (Å²) in [5.74, 6) is 1.08. The van der Waals surface area contributed by atoms with Crippen LogP contribution in [-0.4, -0.2) is 37.6 Å². The fourth-order valence-corrected chi connectivity index (χ4v) is 2.72. The van der Waals surface area contributed by atoms with Crippen molar-refractivity contribution < 1.29 is 9.53 Å². The van der Waals surface area contributed by atoms with Gasteiger partial charge in [-0.1, -0.05) is 18.6 Å². The molecule has 4 heteroatoms. The van der Waals surface area contributed by atoms with Crippen molar-refractivity contribution in [1.82, 2.24) is 10.2 Å². The SMILES string of the molecule is COc1ccc(CN(C)C(=O)[C@@H]2CCCCN2)cc1C. The van der Waals surface area contributed by atoms with Gasteiger partial charge in [0.25, 0.3) is 0 Å². The number of ether oxygens (including phenoxy) is 1. The molecule has 0 bridgehead atoms. The highest BCUT2D eigenvalue weighted by Crippen LogP contribution is 2.19. The molecule has 1 amide bonds. The van der Waals surface area contributed by atoms with Crippen molar-refractivity contribution in [3.63, 3.8) is 0 Å². The summed E-state index contributed by atoms with van der Waals surface area (Å²) >= 11 is 0. The number of aryl methyl sites for hydroxylation is 1. The second kappa shape index (κ2) is 6.75. The Morgan fingerprint density at radius 3 is 2.85 bits per heavy atom. The number of rotatable bonds is 4. The molecule has 0 aliphatic carbocycles. The Morgan fingerprint density at radius 1 is 1.45 bits per heavy atom. The first-order chi connectivity index (χ1) is 9.61. The summed E-state index contributed by atoms with van der Waals surface area (Å²) in [6, 6.07) is 6.05. The number of hydrogen-bond acceptors (Lipinski definition) is 3. The third-order valence-electron chi connectivity index (χ3n) is 3.86. The Hall–Kier alpha value is -1.55. The third kappa shape index (κ3) is 3.51. The quantitative estimate of drug-likeness (QED) is 0.915. The van der Waals surface area contributed by atoms with E-state index < -0.39 is 0 Å². The van der Waals surface area contributed by atoms with Crippen molar-refractivity contribution in [1.29, 1.82) is 0 Å². The van der Waals surface area contributed by atoms with E-state index >= 15 is 0 Å². The highest BCUT2D eigenvalue weighted by atomic mass is 16.5. The first-order valence-electron chi connectivity index (χ1n) is 7.23. The number of nitrogens with one attached hydrogen (secondary N) is 1. The largest absolute Gasteiger partial charge is 0.496 e. The fraction of sp³-hybridized carbons (Fsp3) is 0.562. The van der Waals surface area contributed by atoms with Crippen molar-refractivity contribution in [2.75, 3.05) is 20.7 Å². The average Bonchev–Trinajstić information content (AvgIpc) is 2.47. The van der Waals surface area contributed by atoms with E-state index in [-0.39, 0.29) is 11.9 Å². The van der Waals surface area contributed by atoms with Gasteiger partial charge >= 0.3 is 0 Å². The predicted octanol–water partition coefficient (Wildman–Crippen LogP) is 2.10. The molecule has 0 saturated carbocycles. The molecule has 1 N–H and O–H groups in total. The van der Waals surface area contributed by atoms with Gasteiger partial charge < -0.3 is 15.0 Å². The second-order valence-corrected chi connectivity index (χ2v) is 5.50. The lowest BCUT2D eigenvalue weighted by atomic mass is 10.0. The van der Waals surface area contributed by atoms with E-state index in [1.807, 2.05) is 31.0 Å². The maximum Gasteiger partial charge on any atom is 0.239 e. The minimum absolute atomic E-state index is 0.00639. The number of amides is 1. The maximum absolute atomic E-state index is 12.3. The van der Waals surface area contributed by atoms with Gasteiger partial charge in [-0.3, -0.25) is 4.79 Å². The first-order valence-corrected chi connectivity index (χ1v) is 7.23. The molecule has 1 aliphatic rings. The topological polar surface area (TPSA) is 41.6 Å². The van der Waals surface area contributed by atoms with Crippen LogP contribution < -0.4 is 10.1 Å². The van der Waals surface area contributed by atoms with Crippen molar-refractivity contribution in [2.24, 2.45) is 0 Å². The zero-order valence-electron chi connectivity index (χ0n) is 12.6. The summed E-state index contributed by atoms with van der Waals surface area (Å²) in [4.78, 5) is 14.2. The molecule has 20 heavy (non-hydrogen) atoms. The lowest BCUT2D eigenvalue weighted by molar-refractivity contribution is -0.133. The van der Waals surface area contributed by atoms with Crippen LogP contribution in [0.15, 0.2) is 18.2 Å². The molecule has 0 spiro atoms. The maximum atomic E-state index is 12.3. The van der Waals surface area contributed by atoms with Crippen molar-refractivity contribution in [3.8, 4) is 5.75 Å². The normalized spacial score (nSPS) is 18.6. The van der Waals surface area contributed by atoms with Gasteiger partial charge in [0.05, 0.1) is 13.2 Å². The molecule has 1 fully saturated rings. The number of nitrogens with zero attached hydrogens (tertiary/aromatic N) is 1. The Kier molecular flexibility index (Phi) is 5.01. The molecule has 1 aliphatic heterocycles.